The van der Waals surface area contributed by atoms with Gasteiger partial charge in [0.1, 0.15) is 47.4 Å². The predicted octanol–water partition coefficient (Wildman–Crippen LogP) is 2.51. The van der Waals surface area contributed by atoms with Gasteiger partial charge in [0.2, 0.25) is 11.9 Å². The maximum absolute atomic E-state index is 13.1. The maximum atomic E-state index is 13.1. The number of rotatable bonds is 20. The van der Waals surface area contributed by atoms with Crippen LogP contribution < -0.4 is 30.7 Å². The number of aromatic nitrogens is 6. The minimum atomic E-state index is -5.17. The number of hydrogen-bond acceptors (Lipinski definition) is 24. The lowest BCUT2D eigenvalue weighted by atomic mass is 10.1. The Hall–Kier alpha value is -7.08. The number of aliphatic hydroxyl groups is 4. The third-order valence-corrected chi connectivity index (χ3v) is 13.4. The lowest BCUT2D eigenvalue weighted by Gasteiger charge is -2.30. The smallest absolute Gasteiger partial charge is 0.295 e. The average Bonchev–Trinajstić information content (AvgIpc) is 3.28. The lowest BCUT2D eigenvalue weighted by molar-refractivity contribution is 0.102. The number of aliphatic hydroxyl groups excluding tert-OH is 4. The van der Waals surface area contributed by atoms with Crippen molar-refractivity contribution in [2.45, 2.75) is 72.2 Å². The SMILES string of the molecule is CC(O)N(c1ncnc(N(Nc2ccc(S(=O)(=O)O)cc2)c2ccc(C=Cc3ccc(N(Nc4ccc(S(=O)(=O)O)cc4)c4ncnc(N(C(C)O)C(C)O)n4)cc3S(=O)(=O)O)c(S(=O)(=O)O)c2)n1)C(C)O. The summed E-state index contributed by atoms with van der Waals surface area (Å²) in [4.78, 5) is 24.3. The third kappa shape index (κ3) is 13.1. The summed E-state index contributed by atoms with van der Waals surface area (Å²) in [6, 6.07) is 15.8. The zero-order valence-electron chi connectivity index (χ0n) is 37.7. The van der Waals surface area contributed by atoms with Crippen molar-refractivity contribution < 1.29 is 72.3 Å². The first-order valence-corrected chi connectivity index (χ1v) is 26.2. The van der Waals surface area contributed by atoms with E-state index in [2.05, 4.69) is 40.8 Å². The summed E-state index contributed by atoms with van der Waals surface area (Å²) in [6.45, 7) is 5.25. The molecule has 72 heavy (non-hydrogen) atoms. The Kier molecular flexibility index (Phi) is 16.1. The number of hydrogen-bond donors (Lipinski definition) is 10. The molecule has 6 rings (SSSR count). The van der Waals surface area contributed by atoms with Crippen LogP contribution in [0.5, 0.6) is 0 Å². The summed E-state index contributed by atoms with van der Waals surface area (Å²) < 4.78 is 139. The highest BCUT2D eigenvalue weighted by atomic mass is 32.2. The minimum absolute atomic E-state index is 0.104. The Morgan fingerprint density at radius 1 is 0.444 bits per heavy atom. The van der Waals surface area contributed by atoms with Crippen LogP contribution >= 0.6 is 0 Å². The average molecular weight is 1080 g/mol. The Balaban J connectivity index is 1.46. The molecule has 0 saturated heterocycles. The third-order valence-electron chi connectivity index (χ3n) is 9.86. The van der Waals surface area contributed by atoms with Gasteiger partial charge in [-0.3, -0.25) is 38.9 Å². The van der Waals surface area contributed by atoms with Crippen molar-refractivity contribution in [1.29, 1.82) is 0 Å². The molecule has 0 bridgehead atoms. The zero-order valence-corrected chi connectivity index (χ0v) is 40.9. The van der Waals surface area contributed by atoms with Crippen molar-refractivity contribution in [3.63, 3.8) is 0 Å². The maximum Gasteiger partial charge on any atom is 0.295 e. The van der Waals surface area contributed by atoms with E-state index >= 15 is 0 Å². The molecule has 0 radical (unpaired) electrons. The summed E-state index contributed by atoms with van der Waals surface area (Å²) in [6.07, 6.45) is -1.21. The fourth-order valence-corrected chi connectivity index (χ4v) is 9.03. The van der Waals surface area contributed by atoms with Crippen molar-refractivity contribution in [1.82, 2.24) is 29.9 Å². The Morgan fingerprint density at radius 3 is 1.03 bits per heavy atom. The van der Waals surface area contributed by atoms with E-state index in [0.29, 0.717) is 0 Å². The molecule has 0 aliphatic carbocycles. The van der Waals surface area contributed by atoms with Crippen molar-refractivity contribution in [3.8, 4) is 0 Å². The van der Waals surface area contributed by atoms with Gasteiger partial charge in [0.15, 0.2) is 0 Å². The molecule has 0 aliphatic rings. The summed E-state index contributed by atoms with van der Waals surface area (Å²) in [5, 5.41) is 43.5. The van der Waals surface area contributed by atoms with E-state index in [1.54, 1.807) is 0 Å². The van der Waals surface area contributed by atoms with Crippen LogP contribution in [0.25, 0.3) is 12.2 Å². The van der Waals surface area contributed by atoms with E-state index in [4.69, 9.17) is 0 Å². The largest absolute Gasteiger partial charge is 0.374 e. The van der Waals surface area contributed by atoms with Crippen LogP contribution in [-0.4, -0.2) is 127 Å². The first-order valence-electron chi connectivity index (χ1n) is 20.4. The van der Waals surface area contributed by atoms with Crippen molar-refractivity contribution in [2.75, 3.05) is 30.7 Å². The van der Waals surface area contributed by atoms with Gasteiger partial charge in [0.25, 0.3) is 52.4 Å². The number of benzene rings is 4. The van der Waals surface area contributed by atoms with E-state index in [-0.39, 0.29) is 57.7 Å². The van der Waals surface area contributed by atoms with Crippen LogP contribution in [0.1, 0.15) is 38.8 Å². The van der Waals surface area contributed by atoms with Crippen LogP contribution in [0, 0.1) is 0 Å². The Bertz CT molecular complexity index is 3190. The van der Waals surface area contributed by atoms with E-state index < -0.39 is 85.0 Å². The molecule has 10 N–H and O–H groups in total. The van der Waals surface area contributed by atoms with Gasteiger partial charge in [-0.15, -0.1) is 0 Å². The lowest BCUT2D eigenvalue weighted by Crippen LogP contribution is -2.41. The van der Waals surface area contributed by atoms with E-state index in [1.165, 1.54) is 76.2 Å². The molecule has 2 aromatic heterocycles. The topological polar surface area (TPSA) is 413 Å². The number of nitrogens with one attached hydrogen (secondary N) is 2. The molecule has 0 fully saturated rings. The van der Waals surface area contributed by atoms with E-state index in [9.17, 15) is 72.3 Å². The molecule has 384 valence electrons. The van der Waals surface area contributed by atoms with Crippen LogP contribution in [-0.2, 0) is 40.5 Å². The zero-order chi connectivity index (χ0) is 53.1. The molecule has 4 unspecified atom stereocenters. The van der Waals surface area contributed by atoms with Gasteiger partial charge in [-0.1, -0.05) is 24.3 Å². The van der Waals surface area contributed by atoms with Crippen molar-refractivity contribution in [3.05, 3.63) is 109 Å². The molecule has 4 aromatic carbocycles. The summed E-state index contributed by atoms with van der Waals surface area (Å²) in [7, 11) is -19.6. The Morgan fingerprint density at radius 2 is 0.750 bits per heavy atom. The molecule has 0 amide bonds. The van der Waals surface area contributed by atoms with Gasteiger partial charge < -0.3 is 20.4 Å². The summed E-state index contributed by atoms with van der Waals surface area (Å²) in [5.41, 5.74) is 5.13. The summed E-state index contributed by atoms with van der Waals surface area (Å²) in [5.74, 6) is -1.16. The molecule has 32 heteroatoms. The van der Waals surface area contributed by atoms with Crippen molar-refractivity contribution >= 4 is 99.2 Å². The fourth-order valence-electron chi connectivity index (χ4n) is 6.66. The van der Waals surface area contributed by atoms with Gasteiger partial charge in [-0.05, 0) is 112 Å². The number of anilines is 8. The highest BCUT2D eigenvalue weighted by molar-refractivity contribution is 7.86. The quantitative estimate of drug-likeness (QED) is 0.0227. The second-order valence-electron chi connectivity index (χ2n) is 15.1. The molecule has 2 heterocycles. The minimum Gasteiger partial charge on any atom is -0.374 e. The number of hydrazine groups is 2. The molecule has 28 nitrogen and oxygen atoms in total. The Labute approximate surface area is 411 Å². The van der Waals surface area contributed by atoms with E-state index in [0.717, 1.165) is 81.0 Å². The van der Waals surface area contributed by atoms with Gasteiger partial charge in [0, 0.05) is 0 Å². The van der Waals surface area contributed by atoms with Crippen LogP contribution in [0.3, 0.4) is 0 Å². The van der Waals surface area contributed by atoms with Crippen LogP contribution in [0.2, 0.25) is 0 Å². The second-order valence-corrected chi connectivity index (χ2v) is 20.8. The normalized spacial score (nSPS) is 14.0. The van der Waals surface area contributed by atoms with Crippen molar-refractivity contribution in [2.24, 2.45) is 0 Å². The first-order chi connectivity index (χ1) is 33.5. The highest BCUT2D eigenvalue weighted by Crippen LogP contribution is 2.33. The standard InChI is InChI=1S/C40H44N12O16S4/c1-23(53)49(24(2)54)37-41-21-43-39(45-37)51(47-29-9-15-33(16-10-29)69(57,58)59)31-13-7-27(35(19-31)71(63,64)65)5-6-28-8-14-32(20-36(28)72(66,67)68)52(48-30-11-17-34(18-12-30)70(60,61)62)40-44-22-42-38(46-40)50(25(3)55)26(4)56/h5-26,47-48,53-56H,1-4H3,(H,57,58,59)(H,60,61,62)(H,63,64,65)(H,66,67,68). The molecule has 0 spiro atoms. The monoisotopic (exact) mass is 1080 g/mol. The van der Waals surface area contributed by atoms with Gasteiger partial charge >= 0.3 is 0 Å². The van der Waals surface area contributed by atoms with Gasteiger partial charge in [0.05, 0.1) is 32.5 Å². The second kappa shape index (κ2) is 21.3. The first kappa shape index (κ1) is 54.3. The molecular weight excluding hydrogens is 1030 g/mol. The van der Waals surface area contributed by atoms with E-state index in [1.807, 2.05) is 0 Å². The van der Waals surface area contributed by atoms with Gasteiger partial charge in [-0.25, -0.2) is 20.0 Å². The fraction of sp³-hybridized carbons (Fsp3) is 0.200. The predicted molar refractivity (Wildman–Crippen MR) is 257 cm³/mol. The molecule has 0 aliphatic heterocycles. The van der Waals surface area contributed by atoms with Crippen LogP contribution in [0.4, 0.5) is 46.5 Å². The summed E-state index contributed by atoms with van der Waals surface area (Å²) >= 11 is 0. The highest BCUT2D eigenvalue weighted by Gasteiger charge is 2.27. The molecule has 4 atom stereocenters. The molecule has 0 saturated carbocycles. The molecular formula is C40H44N12O16S4. The molecule has 6 aromatic rings. The van der Waals surface area contributed by atoms with Gasteiger partial charge in [-0.2, -0.15) is 53.6 Å². The number of nitrogens with zero attached hydrogens (tertiary/aromatic N) is 10. The van der Waals surface area contributed by atoms with Crippen LogP contribution in [0.15, 0.2) is 117 Å².